The lowest BCUT2D eigenvalue weighted by molar-refractivity contribution is 0.0686. The van der Waals surface area contributed by atoms with Crippen molar-refractivity contribution in [3.63, 3.8) is 0 Å². The molecule has 6 nitrogen and oxygen atoms in total. The Morgan fingerprint density at radius 2 is 2.15 bits per heavy atom. The molecule has 1 atom stereocenters. The van der Waals surface area contributed by atoms with Crippen molar-refractivity contribution in [3.05, 3.63) is 18.0 Å². The molecule has 1 aromatic heterocycles. The van der Waals surface area contributed by atoms with E-state index in [1.54, 1.807) is 0 Å². The molecule has 1 saturated carbocycles. The van der Waals surface area contributed by atoms with E-state index >= 15 is 0 Å². The fourth-order valence-corrected chi connectivity index (χ4v) is 4.21. The van der Waals surface area contributed by atoms with Gasteiger partial charge in [-0.2, -0.15) is 0 Å². The fraction of sp³-hybridized carbons (Fsp3) is 0.615. The Labute approximate surface area is 118 Å². The van der Waals surface area contributed by atoms with Gasteiger partial charge in [-0.1, -0.05) is 20.3 Å². The Morgan fingerprint density at radius 3 is 2.60 bits per heavy atom. The van der Waals surface area contributed by atoms with Crippen LogP contribution in [0.5, 0.6) is 0 Å². The standard InChI is InChI=1S/C13H20N2O4S/c1-13(2)6-4-5-11(13)14-20(18,19)9-7-10(12(16)17)15(3)8-9/h7-8,11,14H,4-6H2,1-3H3,(H,16,17). The van der Waals surface area contributed by atoms with E-state index in [4.69, 9.17) is 5.11 Å². The van der Waals surface area contributed by atoms with Crippen molar-refractivity contribution in [3.8, 4) is 0 Å². The van der Waals surface area contributed by atoms with Gasteiger partial charge in [0.15, 0.2) is 0 Å². The summed E-state index contributed by atoms with van der Waals surface area (Å²) < 4.78 is 28.7. The number of aryl methyl sites for hydroxylation is 1. The summed E-state index contributed by atoms with van der Waals surface area (Å²) in [6.07, 6.45) is 4.11. The quantitative estimate of drug-likeness (QED) is 0.883. The topological polar surface area (TPSA) is 88.4 Å². The molecule has 1 unspecified atom stereocenters. The lowest BCUT2D eigenvalue weighted by Gasteiger charge is -2.27. The summed E-state index contributed by atoms with van der Waals surface area (Å²) in [6.45, 7) is 4.09. The number of nitrogens with one attached hydrogen (secondary N) is 1. The van der Waals surface area contributed by atoms with Crippen molar-refractivity contribution in [2.24, 2.45) is 12.5 Å². The SMILES string of the molecule is Cn1cc(S(=O)(=O)NC2CCCC2(C)C)cc1C(=O)O. The van der Waals surface area contributed by atoms with Crippen LogP contribution in [0.4, 0.5) is 0 Å². The molecule has 0 saturated heterocycles. The molecule has 0 radical (unpaired) electrons. The zero-order valence-electron chi connectivity index (χ0n) is 11.9. The largest absolute Gasteiger partial charge is 0.477 e. The van der Waals surface area contributed by atoms with Crippen molar-refractivity contribution in [2.45, 2.75) is 44.0 Å². The van der Waals surface area contributed by atoms with Crippen LogP contribution in [0.2, 0.25) is 0 Å². The van der Waals surface area contributed by atoms with Crippen LogP contribution >= 0.6 is 0 Å². The summed E-state index contributed by atoms with van der Waals surface area (Å²) in [4.78, 5) is 11.0. The smallest absolute Gasteiger partial charge is 0.352 e. The minimum atomic E-state index is -3.68. The molecule has 0 aromatic carbocycles. The highest BCUT2D eigenvalue weighted by molar-refractivity contribution is 7.89. The van der Waals surface area contributed by atoms with Gasteiger partial charge in [0, 0.05) is 19.3 Å². The molecule has 112 valence electrons. The molecular weight excluding hydrogens is 280 g/mol. The first-order valence-corrected chi connectivity index (χ1v) is 8.04. The van der Waals surface area contributed by atoms with Gasteiger partial charge < -0.3 is 9.67 Å². The zero-order chi connectivity index (χ0) is 15.1. The second-order valence-electron chi connectivity index (χ2n) is 6.03. The van der Waals surface area contributed by atoms with Gasteiger partial charge in [0.2, 0.25) is 10.0 Å². The minimum Gasteiger partial charge on any atom is -0.477 e. The molecule has 0 bridgehead atoms. The Bertz CT molecular complexity index is 631. The normalized spacial score (nSPS) is 22.1. The first-order valence-electron chi connectivity index (χ1n) is 6.55. The monoisotopic (exact) mass is 300 g/mol. The zero-order valence-corrected chi connectivity index (χ0v) is 12.7. The first-order chi connectivity index (χ1) is 9.13. The number of carboxylic acids is 1. The molecule has 1 aliphatic carbocycles. The molecule has 1 heterocycles. The maximum absolute atomic E-state index is 12.3. The number of hydrogen-bond acceptors (Lipinski definition) is 3. The van der Waals surface area contributed by atoms with Gasteiger partial charge in [-0.15, -0.1) is 0 Å². The average Bonchev–Trinajstić information content (AvgIpc) is 2.83. The van der Waals surface area contributed by atoms with Gasteiger partial charge in [-0.25, -0.2) is 17.9 Å². The number of carbonyl (C=O) groups is 1. The van der Waals surface area contributed by atoms with E-state index < -0.39 is 16.0 Å². The Morgan fingerprint density at radius 1 is 1.50 bits per heavy atom. The van der Waals surface area contributed by atoms with Crippen molar-refractivity contribution in [1.29, 1.82) is 0 Å². The van der Waals surface area contributed by atoms with Crippen LogP contribution in [-0.4, -0.2) is 30.1 Å². The average molecular weight is 300 g/mol. The van der Waals surface area contributed by atoms with Crippen LogP contribution in [0, 0.1) is 5.41 Å². The van der Waals surface area contributed by atoms with Crippen molar-refractivity contribution < 1.29 is 18.3 Å². The third-order valence-corrected chi connectivity index (χ3v) is 5.50. The molecule has 7 heteroatoms. The lowest BCUT2D eigenvalue weighted by atomic mass is 9.88. The number of aromatic carboxylic acids is 1. The summed E-state index contributed by atoms with van der Waals surface area (Å²) in [5, 5.41) is 8.98. The molecule has 0 aliphatic heterocycles. The Kier molecular flexibility index (Phi) is 3.68. The Hall–Kier alpha value is -1.34. The Balaban J connectivity index is 2.27. The predicted molar refractivity (Wildman–Crippen MR) is 74.1 cm³/mol. The van der Waals surface area contributed by atoms with Gasteiger partial charge in [0.1, 0.15) is 10.6 Å². The van der Waals surface area contributed by atoms with Crippen molar-refractivity contribution in [2.75, 3.05) is 0 Å². The molecule has 0 spiro atoms. The number of aromatic nitrogens is 1. The van der Waals surface area contributed by atoms with E-state index in [1.165, 1.54) is 23.9 Å². The molecule has 1 aromatic rings. The summed E-state index contributed by atoms with van der Waals surface area (Å²) >= 11 is 0. The third kappa shape index (κ3) is 2.73. The van der Waals surface area contributed by atoms with E-state index in [0.29, 0.717) is 0 Å². The van der Waals surface area contributed by atoms with Crippen molar-refractivity contribution in [1.82, 2.24) is 9.29 Å². The summed E-state index contributed by atoms with van der Waals surface area (Å²) in [5.74, 6) is -1.14. The molecule has 1 aliphatic rings. The van der Waals surface area contributed by atoms with Crippen LogP contribution in [-0.2, 0) is 17.1 Å². The highest BCUT2D eigenvalue weighted by atomic mass is 32.2. The number of sulfonamides is 1. The number of nitrogens with zero attached hydrogens (tertiary/aromatic N) is 1. The highest BCUT2D eigenvalue weighted by Gasteiger charge is 2.37. The van der Waals surface area contributed by atoms with E-state index in [2.05, 4.69) is 4.72 Å². The van der Waals surface area contributed by atoms with Crippen LogP contribution in [0.3, 0.4) is 0 Å². The number of carboxylic acid groups (broad SMARTS) is 1. The van der Waals surface area contributed by atoms with Gasteiger partial charge in [-0.3, -0.25) is 0 Å². The van der Waals surface area contributed by atoms with Crippen molar-refractivity contribution >= 4 is 16.0 Å². The number of hydrogen-bond donors (Lipinski definition) is 2. The van der Waals surface area contributed by atoms with E-state index in [1.807, 2.05) is 13.8 Å². The van der Waals surface area contributed by atoms with Gasteiger partial charge in [-0.05, 0) is 24.3 Å². The summed E-state index contributed by atoms with van der Waals surface area (Å²) in [6, 6.07) is 1.08. The molecule has 20 heavy (non-hydrogen) atoms. The number of rotatable bonds is 4. The molecular formula is C13H20N2O4S. The van der Waals surface area contributed by atoms with Gasteiger partial charge in [0.05, 0.1) is 0 Å². The second kappa shape index (κ2) is 4.89. The summed E-state index contributed by atoms with van der Waals surface area (Å²) in [5.41, 5.74) is -0.117. The first kappa shape index (κ1) is 15.1. The van der Waals surface area contributed by atoms with E-state index in [0.717, 1.165) is 19.3 Å². The van der Waals surface area contributed by atoms with Gasteiger partial charge >= 0.3 is 5.97 Å². The van der Waals surface area contributed by atoms with Crippen LogP contribution in [0.1, 0.15) is 43.6 Å². The predicted octanol–water partition coefficient (Wildman–Crippen LogP) is 1.58. The molecule has 2 N–H and O–H groups in total. The second-order valence-corrected chi connectivity index (χ2v) is 7.75. The van der Waals surface area contributed by atoms with Crippen LogP contribution in [0.25, 0.3) is 0 Å². The molecule has 2 rings (SSSR count). The van der Waals surface area contributed by atoms with E-state index in [9.17, 15) is 13.2 Å². The minimum absolute atomic E-state index is 0.0000926. The lowest BCUT2D eigenvalue weighted by Crippen LogP contribution is -2.41. The highest BCUT2D eigenvalue weighted by Crippen LogP contribution is 2.37. The molecule has 0 amide bonds. The maximum atomic E-state index is 12.3. The van der Waals surface area contributed by atoms with Crippen LogP contribution < -0.4 is 4.72 Å². The third-order valence-electron chi connectivity index (χ3n) is 4.06. The summed E-state index contributed by atoms with van der Waals surface area (Å²) in [7, 11) is -2.17. The van der Waals surface area contributed by atoms with Crippen LogP contribution in [0.15, 0.2) is 17.2 Å². The van der Waals surface area contributed by atoms with E-state index in [-0.39, 0.29) is 22.0 Å². The molecule has 1 fully saturated rings. The fourth-order valence-electron chi connectivity index (χ4n) is 2.69. The maximum Gasteiger partial charge on any atom is 0.352 e. The van der Waals surface area contributed by atoms with Gasteiger partial charge in [0.25, 0.3) is 0 Å².